The topological polar surface area (TPSA) is 49.8 Å². The van der Waals surface area contributed by atoms with Gasteiger partial charge in [-0.2, -0.15) is 0 Å². The van der Waals surface area contributed by atoms with Crippen molar-refractivity contribution in [3.05, 3.63) is 33.7 Å². The average Bonchev–Trinajstić information content (AvgIpc) is 2.84. The number of nitrogens with one attached hydrogen (secondary N) is 2. The van der Waals surface area contributed by atoms with E-state index in [1.807, 2.05) is 18.2 Å². The number of nitrogens with zero attached hydrogens (tertiary/aromatic N) is 1. The van der Waals surface area contributed by atoms with Gasteiger partial charge >= 0.3 is 5.69 Å². The van der Waals surface area contributed by atoms with Crippen LogP contribution in [0.1, 0.15) is 19.0 Å². The van der Waals surface area contributed by atoms with Crippen LogP contribution < -0.4 is 11.0 Å². The number of rotatable bonds is 1. The summed E-state index contributed by atoms with van der Waals surface area (Å²) in [5.74, 6) is 0. The van der Waals surface area contributed by atoms with Gasteiger partial charge in [0.1, 0.15) is 0 Å². The predicted molar refractivity (Wildman–Crippen MR) is 63.8 cm³/mol. The number of hydrogen-bond donors (Lipinski definition) is 2. The second-order valence-corrected chi connectivity index (χ2v) is 4.46. The van der Waals surface area contributed by atoms with Crippen LogP contribution in [0.4, 0.5) is 0 Å². The highest BCUT2D eigenvalue weighted by Crippen LogP contribution is 2.25. The van der Waals surface area contributed by atoms with Gasteiger partial charge in [0.2, 0.25) is 0 Å². The normalized spacial score (nSPS) is 20.7. The number of aromatic nitrogens is 2. The molecule has 0 radical (unpaired) electrons. The van der Waals surface area contributed by atoms with Crippen molar-refractivity contribution in [2.24, 2.45) is 0 Å². The van der Waals surface area contributed by atoms with Crippen molar-refractivity contribution in [1.29, 1.82) is 0 Å². The first-order valence-corrected chi connectivity index (χ1v) is 5.77. The van der Waals surface area contributed by atoms with Crippen LogP contribution in [0.5, 0.6) is 0 Å². The standard InChI is InChI=1S/C11H12ClN3O/c12-7-3-1-4-8-10(7)15(11(16)14-8)9-5-2-6-13-9/h1,3-4,9,13H,2,5-6H2,(H,14,16). The van der Waals surface area contributed by atoms with Crippen LogP contribution in [0.25, 0.3) is 11.0 Å². The van der Waals surface area contributed by atoms with Gasteiger partial charge in [0.25, 0.3) is 0 Å². The Bertz CT molecular complexity index is 580. The summed E-state index contributed by atoms with van der Waals surface area (Å²) < 4.78 is 1.73. The van der Waals surface area contributed by atoms with Gasteiger partial charge in [-0.1, -0.05) is 17.7 Å². The second-order valence-electron chi connectivity index (χ2n) is 4.05. The van der Waals surface area contributed by atoms with Gasteiger partial charge in [0.15, 0.2) is 0 Å². The second kappa shape index (κ2) is 3.64. The van der Waals surface area contributed by atoms with E-state index in [2.05, 4.69) is 10.3 Å². The third-order valence-corrected chi connectivity index (χ3v) is 3.34. The Balaban J connectivity index is 2.29. The summed E-state index contributed by atoms with van der Waals surface area (Å²) in [5.41, 5.74) is 1.50. The molecule has 1 aromatic carbocycles. The molecule has 0 aliphatic carbocycles. The number of imidazole rings is 1. The fraction of sp³-hybridized carbons (Fsp3) is 0.364. The molecule has 1 fully saturated rings. The number of fused-ring (bicyclic) bond motifs is 1. The molecule has 1 unspecified atom stereocenters. The van der Waals surface area contributed by atoms with Crippen LogP contribution in [0.3, 0.4) is 0 Å². The number of benzene rings is 1. The quantitative estimate of drug-likeness (QED) is 0.796. The molecule has 1 aliphatic rings. The van der Waals surface area contributed by atoms with Crippen molar-refractivity contribution in [2.75, 3.05) is 6.54 Å². The average molecular weight is 238 g/mol. The summed E-state index contributed by atoms with van der Waals surface area (Å²) >= 11 is 6.15. The van der Waals surface area contributed by atoms with E-state index in [1.54, 1.807) is 4.57 Å². The Morgan fingerprint density at radius 1 is 1.44 bits per heavy atom. The maximum absolute atomic E-state index is 11.9. The largest absolute Gasteiger partial charge is 0.327 e. The summed E-state index contributed by atoms with van der Waals surface area (Å²) in [7, 11) is 0. The molecular weight excluding hydrogens is 226 g/mol. The highest BCUT2D eigenvalue weighted by Gasteiger charge is 2.21. The minimum Gasteiger partial charge on any atom is -0.305 e. The predicted octanol–water partition coefficient (Wildman–Crippen LogP) is 1.86. The van der Waals surface area contributed by atoms with Crippen molar-refractivity contribution in [3.63, 3.8) is 0 Å². The van der Waals surface area contributed by atoms with Gasteiger partial charge in [0, 0.05) is 0 Å². The van der Waals surface area contributed by atoms with Crippen LogP contribution in [0.2, 0.25) is 5.02 Å². The van der Waals surface area contributed by atoms with Gasteiger partial charge in [-0.3, -0.25) is 9.88 Å². The summed E-state index contributed by atoms with van der Waals surface area (Å²) in [5, 5.41) is 3.92. The SMILES string of the molecule is O=c1[nH]c2cccc(Cl)c2n1C1CCCN1. The summed E-state index contributed by atoms with van der Waals surface area (Å²) in [6, 6.07) is 5.52. The van der Waals surface area contributed by atoms with Crippen LogP contribution in [0, 0.1) is 0 Å². The van der Waals surface area contributed by atoms with E-state index in [-0.39, 0.29) is 11.9 Å². The highest BCUT2D eigenvalue weighted by molar-refractivity contribution is 6.34. The van der Waals surface area contributed by atoms with E-state index in [0.29, 0.717) is 5.02 Å². The van der Waals surface area contributed by atoms with Crippen molar-refractivity contribution in [1.82, 2.24) is 14.9 Å². The monoisotopic (exact) mass is 237 g/mol. The van der Waals surface area contributed by atoms with Gasteiger partial charge in [-0.25, -0.2) is 4.79 Å². The number of H-pyrrole nitrogens is 1. The molecule has 0 bridgehead atoms. The zero-order chi connectivity index (χ0) is 11.1. The number of hydrogen-bond acceptors (Lipinski definition) is 2. The fourth-order valence-corrected chi connectivity index (χ4v) is 2.59. The molecule has 1 saturated heterocycles. The molecule has 3 rings (SSSR count). The molecule has 1 atom stereocenters. The molecular formula is C11H12ClN3O. The fourth-order valence-electron chi connectivity index (χ4n) is 2.32. The molecule has 5 heteroatoms. The Labute approximate surface area is 97.2 Å². The first kappa shape index (κ1) is 9.93. The smallest absolute Gasteiger partial charge is 0.305 e. The molecule has 2 aromatic rings. The van der Waals surface area contributed by atoms with Crippen molar-refractivity contribution < 1.29 is 0 Å². The van der Waals surface area contributed by atoms with Crippen molar-refractivity contribution >= 4 is 22.6 Å². The molecule has 1 aromatic heterocycles. The van der Waals surface area contributed by atoms with E-state index in [9.17, 15) is 4.79 Å². The van der Waals surface area contributed by atoms with E-state index < -0.39 is 0 Å². The van der Waals surface area contributed by atoms with Gasteiger partial charge in [-0.15, -0.1) is 0 Å². The first-order chi connectivity index (χ1) is 7.77. The molecule has 2 N–H and O–H groups in total. The molecule has 0 spiro atoms. The molecule has 0 saturated carbocycles. The molecule has 16 heavy (non-hydrogen) atoms. The van der Waals surface area contributed by atoms with E-state index in [1.165, 1.54) is 0 Å². The third-order valence-electron chi connectivity index (χ3n) is 3.03. The molecule has 2 heterocycles. The maximum Gasteiger partial charge on any atom is 0.327 e. The Kier molecular flexibility index (Phi) is 2.26. The first-order valence-electron chi connectivity index (χ1n) is 5.39. The van der Waals surface area contributed by atoms with Gasteiger partial charge in [-0.05, 0) is 31.5 Å². The van der Waals surface area contributed by atoms with Crippen molar-refractivity contribution in [3.8, 4) is 0 Å². The molecule has 0 amide bonds. The van der Waals surface area contributed by atoms with Gasteiger partial charge in [0.05, 0.1) is 22.2 Å². The zero-order valence-corrected chi connectivity index (χ0v) is 9.42. The summed E-state index contributed by atoms with van der Waals surface area (Å²) in [4.78, 5) is 14.7. The Hall–Kier alpha value is -1.26. The lowest BCUT2D eigenvalue weighted by Crippen LogP contribution is -2.28. The number of aromatic amines is 1. The zero-order valence-electron chi connectivity index (χ0n) is 8.66. The summed E-state index contributed by atoms with van der Waals surface area (Å²) in [6.45, 7) is 0.953. The van der Waals surface area contributed by atoms with E-state index in [4.69, 9.17) is 11.6 Å². The third kappa shape index (κ3) is 1.37. The molecule has 1 aliphatic heterocycles. The van der Waals surface area contributed by atoms with Crippen LogP contribution in [-0.4, -0.2) is 16.1 Å². The molecule has 84 valence electrons. The number of halogens is 1. The highest BCUT2D eigenvalue weighted by atomic mass is 35.5. The van der Waals surface area contributed by atoms with E-state index in [0.717, 1.165) is 30.4 Å². The Morgan fingerprint density at radius 3 is 3.06 bits per heavy atom. The summed E-state index contributed by atoms with van der Waals surface area (Å²) in [6.07, 6.45) is 2.13. The van der Waals surface area contributed by atoms with Crippen molar-refractivity contribution in [2.45, 2.75) is 19.0 Å². The van der Waals surface area contributed by atoms with Crippen LogP contribution >= 0.6 is 11.6 Å². The van der Waals surface area contributed by atoms with Crippen LogP contribution in [0.15, 0.2) is 23.0 Å². The van der Waals surface area contributed by atoms with Gasteiger partial charge < -0.3 is 4.98 Å². The van der Waals surface area contributed by atoms with E-state index >= 15 is 0 Å². The minimum atomic E-state index is -0.0949. The lowest BCUT2D eigenvalue weighted by atomic mass is 10.3. The lowest BCUT2D eigenvalue weighted by Gasteiger charge is -2.12. The number of para-hydroxylation sites is 1. The maximum atomic E-state index is 11.9. The van der Waals surface area contributed by atoms with Crippen LogP contribution in [-0.2, 0) is 0 Å². The minimum absolute atomic E-state index is 0.0705. The molecule has 4 nitrogen and oxygen atoms in total. The Morgan fingerprint density at radius 2 is 2.31 bits per heavy atom. The lowest BCUT2D eigenvalue weighted by molar-refractivity contribution is 0.469.